The van der Waals surface area contributed by atoms with Gasteiger partial charge in [0.25, 0.3) is 0 Å². The number of esters is 1. The Labute approximate surface area is 157 Å². The summed E-state index contributed by atoms with van der Waals surface area (Å²) in [5, 5.41) is 11.3. The molecule has 0 aromatic heterocycles. The summed E-state index contributed by atoms with van der Waals surface area (Å²) in [6.07, 6.45) is 10.8. The van der Waals surface area contributed by atoms with E-state index < -0.39 is 5.60 Å². The van der Waals surface area contributed by atoms with Crippen molar-refractivity contribution < 1.29 is 19.4 Å². The Morgan fingerprint density at radius 2 is 1.92 bits per heavy atom. The number of carbonyl (C=O) groups is 2. The number of aliphatic hydroxyl groups is 1. The number of hydrogen-bond acceptors (Lipinski definition) is 4. The van der Waals surface area contributed by atoms with E-state index in [0.29, 0.717) is 11.8 Å². The molecule has 4 heteroatoms. The van der Waals surface area contributed by atoms with Crippen molar-refractivity contribution in [2.75, 3.05) is 6.61 Å². The zero-order chi connectivity index (χ0) is 18.8. The van der Waals surface area contributed by atoms with E-state index in [1.807, 2.05) is 0 Å². The van der Waals surface area contributed by atoms with Crippen molar-refractivity contribution in [2.24, 2.45) is 34.0 Å². The van der Waals surface area contributed by atoms with Gasteiger partial charge in [0.2, 0.25) is 0 Å². The zero-order valence-corrected chi connectivity index (χ0v) is 16.6. The molecule has 2 bridgehead atoms. The fourth-order valence-electron chi connectivity index (χ4n) is 8.21. The van der Waals surface area contributed by atoms with Crippen molar-refractivity contribution in [3.8, 4) is 0 Å². The number of fused-ring (bicyclic) bond motifs is 3. The molecule has 26 heavy (non-hydrogen) atoms. The first kappa shape index (κ1) is 18.5. The van der Waals surface area contributed by atoms with Gasteiger partial charge >= 0.3 is 5.97 Å². The van der Waals surface area contributed by atoms with Crippen molar-refractivity contribution in [2.45, 2.75) is 84.2 Å². The Kier molecular flexibility index (Phi) is 4.12. The van der Waals surface area contributed by atoms with Gasteiger partial charge < -0.3 is 14.6 Å². The van der Waals surface area contributed by atoms with Crippen LogP contribution in [0.5, 0.6) is 0 Å². The van der Waals surface area contributed by atoms with Crippen LogP contribution in [0.1, 0.15) is 78.6 Å². The topological polar surface area (TPSA) is 63.6 Å². The van der Waals surface area contributed by atoms with Gasteiger partial charge in [0.1, 0.15) is 18.5 Å². The predicted molar refractivity (Wildman–Crippen MR) is 98.3 cm³/mol. The number of hydrogen-bond donors (Lipinski definition) is 1. The number of ether oxygens (including phenoxy) is 1. The van der Waals surface area contributed by atoms with E-state index in [1.165, 1.54) is 19.6 Å². The molecule has 4 saturated carbocycles. The highest BCUT2D eigenvalue weighted by Gasteiger charge is 2.67. The second kappa shape index (κ2) is 5.80. The monoisotopic (exact) mass is 362 g/mol. The molecule has 1 N–H and O–H groups in total. The highest BCUT2D eigenvalue weighted by molar-refractivity contribution is 5.66. The van der Waals surface area contributed by atoms with Gasteiger partial charge in [-0.15, -0.1) is 0 Å². The first-order valence-corrected chi connectivity index (χ1v) is 10.5. The molecule has 7 atom stereocenters. The smallest absolute Gasteiger partial charge is 0.302 e. The summed E-state index contributed by atoms with van der Waals surface area (Å²) in [5.41, 5.74) is -0.668. The predicted octanol–water partition coefficient (Wildman–Crippen LogP) is 3.89. The number of carbonyl (C=O) groups excluding carboxylic acids is 2. The first-order chi connectivity index (χ1) is 12.2. The zero-order valence-electron chi connectivity index (χ0n) is 16.6. The average Bonchev–Trinajstić information content (AvgIpc) is 2.79. The van der Waals surface area contributed by atoms with Gasteiger partial charge in [-0.1, -0.05) is 20.3 Å². The summed E-state index contributed by atoms with van der Waals surface area (Å²) in [5.74, 6) is 0.990. The van der Waals surface area contributed by atoms with Crippen LogP contribution >= 0.6 is 0 Å². The largest absolute Gasteiger partial charge is 0.463 e. The molecule has 4 aliphatic carbocycles. The first-order valence-electron chi connectivity index (χ1n) is 10.5. The van der Waals surface area contributed by atoms with Crippen LogP contribution < -0.4 is 0 Å². The van der Waals surface area contributed by atoms with Crippen LogP contribution in [0.2, 0.25) is 0 Å². The summed E-state index contributed by atoms with van der Waals surface area (Å²) in [7, 11) is 0. The molecular formula is C22H34O4. The third kappa shape index (κ3) is 2.43. The Hall–Kier alpha value is -0.900. The second-order valence-electron chi connectivity index (χ2n) is 10.5. The van der Waals surface area contributed by atoms with Crippen LogP contribution in [-0.2, 0) is 14.3 Å². The second-order valence-corrected chi connectivity index (χ2v) is 10.5. The van der Waals surface area contributed by atoms with E-state index in [4.69, 9.17) is 4.74 Å². The van der Waals surface area contributed by atoms with E-state index in [1.54, 1.807) is 0 Å². The van der Waals surface area contributed by atoms with Gasteiger partial charge in [0.05, 0.1) is 0 Å². The molecule has 0 aliphatic heterocycles. The van der Waals surface area contributed by atoms with E-state index >= 15 is 0 Å². The molecule has 4 nitrogen and oxygen atoms in total. The fraction of sp³-hybridized carbons (Fsp3) is 0.909. The molecule has 0 saturated heterocycles. The fourth-order valence-corrected chi connectivity index (χ4v) is 8.21. The van der Waals surface area contributed by atoms with E-state index in [9.17, 15) is 14.7 Å². The highest BCUT2D eigenvalue weighted by Crippen LogP contribution is 2.72. The quantitative estimate of drug-likeness (QED) is 0.611. The molecule has 0 aromatic carbocycles. The molecule has 4 fully saturated rings. The average molecular weight is 363 g/mol. The van der Waals surface area contributed by atoms with Crippen molar-refractivity contribution in [1.82, 2.24) is 0 Å². The van der Waals surface area contributed by atoms with Crippen molar-refractivity contribution in [1.29, 1.82) is 0 Å². The van der Waals surface area contributed by atoms with E-state index in [-0.39, 0.29) is 34.7 Å². The molecule has 0 heterocycles. The third-order valence-corrected chi connectivity index (χ3v) is 9.16. The normalized spacial score (nSPS) is 52.7. The van der Waals surface area contributed by atoms with Gasteiger partial charge in [-0.2, -0.15) is 0 Å². The van der Waals surface area contributed by atoms with Crippen molar-refractivity contribution in [3.63, 3.8) is 0 Å². The van der Waals surface area contributed by atoms with Gasteiger partial charge in [0, 0.05) is 12.3 Å². The number of aldehydes is 1. The van der Waals surface area contributed by atoms with Crippen LogP contribution in [0.25, 0.3) is 0 Å². The van der Waals surface area contributed by atoms with Crippen LogP contribution in [0.15, 0.2) is 0 Å². The third-order valence-electron chi connectivity index (χ3n) is 9.16. The van der Waals surface area contributed by atoms with Gasteiger partial charge in [-0.3, -0.25) is 4.79 Å². The minimum absolute atomic E-state index is 0.146. The van der Waals surface area contributed by atoms with E-state index in [2.05, 4.69) is 13.8 Å². The lowest BCUT2D eigenvalue weighted by Crippen LogP contribution is -2.56. The van der Waals surface area contributed by atoms with Crippen molar-refractivity contribution >= 4 is 12.3 Å². The summed E-state index contributed by atoms with van der Waals surface area (Å²) < 4.78 is 5.26. The molecular weight excluding hydrogens is 328 g/mol. The van der Waals surface area contributed by atoms with Crippen LogP contribution in [0.3, 0.4) is 0 Å². The SMILES string of the molecule is CC(=O)OC[C@]1(O)C[C@]23CC[C@@H]4[C@](C)(CCC[C@@]4(C)C=O)[C@H]2CC[C@H]1C3. The lowest BCUT2D eigenvalue weighted by molar-refractivity contribution is -0.158. The molecule has 4 aliphatic rings. The van der Waals surface area contributed by atoms with Gasteiger partial charge in [-0.05, 0) is 80.0 Å². The Morgan fingerprint density at radius 1 is 1.15 bits per heavy atom. The minimum Gasteiger partial charge on any atom is -0.463 e. The lowest BCUT2D eigenvalue weighted by Gasteiger charge is -2.63. The minimum atomic E-state index is -0.855. The Bertz CT molecular complexity index is 617. The molecule has 0 radical (unpaired) electrons. The van der Waals surface area contributed by atoms with Gasteiger partial charge in [-0.25, -0.2) is 0 Å². The van der Waals surface area contributed by atoms with Crippen LogP contribution in [-0.4, -0.2) is 29.6 Å². The maximum atomic E-state index is 12.0. The van der Waals surface area contributed by atoms with Crippen molar-refractivity contribution in [3.05, 3.63) is 0 Å². The maximum Gasteiger partial charge on any atom is 0.302 e. The summed E-state index contributed by atoms with van der Waals surface area (Å²) in [6.45, 7) is 6.18. The molecule has 0 unspecified atom stereocenters. The molecule has 0 aromatic rings. The summed E-state index contributed by atoms with van der Waals surface area (Å²) in [4.78, 5) is 23.3. The molecule has 0 amide bonds. The summed E-state index contributed by atoms with van der Waals surface area (Å²) >= 11 is 0. The van der Waals surface area contributed by atoms with Gasteiger partial charge in [0.15, 0.2) is 0 Å². The lowest BCUT2D eigenvalue weighted by atomic mass is 9.41. The standard InChI is InChI=1S/C22H34O4/c1-15(24)26-14-22(25)12-21-10-7-17-19(2,13-23)8-4-9-20(17,3)18(21)6-5-16(22)11-21/h13,16-18,25H,4-12,14H2,1-3H3/t16-,17-,18+,19-,20-,21+,22+/m0/s1. The Balaban J connectivity index is 1.64. The molecule has 1 spiro atoms. The Morgan fingerprint density at radius 3 is 2.62 bits per heavy atom. The highest BCUT2D eigenvalue weighted by atomic mass is 16.5. The van der Waals surface area contributed by atoms with Crippen LogP contribution in [0, 0.1) is 34.0 Å². The maximum absolute atomic E-state index is 12.0. The van der Waals surface area contributed by atoms with Crippen LogP contribution in [0.4, 0.5) is 0 Å². The molecule has 146 valence electrons. The summed E-state index contributed by atoms with van der Waals surface area (Å²) in [6, 6.07) is 0. The van der Waals surface area contributed by atoms with E-state index in [0.717, 1.165) is 51.4 Å². The molecule has 4 rings (SSSR count). The number of rotatable bonds is 3.